The zero-order valence-electron chi connectivity index (χ0n) is 17.7. The molecule has 0 aromatic rings. The average Bonchev–Trinajstić information content (AvgIpc) is 2.52. The fourth-order valence-corrected chi connectivity index (χ4v) is 5.19. The number of nitrogens with zero attached hydrogens (tertiary/aromatic N) is 1. The maximum Gasteiger partial charge on any atom is 0.303 e. The van der Waals surface area contributed by atoms with E-state index in [2.05, 4.69) is 25.5 Å². The normalized spacial score (nSPS) is 9.80. The first-order valence-corrected chi connectivity index (χ1v) is 11.6. The van der Waals surface area contributed by atoms with Gasteiger partial charge in [-0.2, -0.15) is 0 Å². The zero-order valence-corrected chi connectivity index (χ0v) is 18.7. The van der Waals surface area contributed by atoms with E-state index in [1.54, 1.807) is 23.4 Å². The number of esters is 1. The molecule has 0 aliphatic carbocycles. The summed E-state index contributed by atoms with van der Waals surface area (Å²) in [6.45, 7) is 9.80. The second-order valence-electron chi connectivity index (χ2n) is 6.42. The Kier molecular flexibility index (Phi) is 27.2. The number of unbranched alkanes of at least 4 members (excludes halogenated alkanes) is 3. The summed E-state index contributed by atoms with van der Waals surface area (Å²) in [7, 11) is 3.74. The molecule has 0 aromatic carbocycles. The van der Waals surface area contributed by atoms with Gasteiger partial charge in [0.2, 0.25) is 0 Å². The number of ether oxygens (including phenoxy) is 1. The molecule has 0 unspecified atom stereocenters. The van der Waals surface area contributed by atoms with Gasteiger partial charge in [-0.25, -0.2) is 0 Å². The van der Waals surface area contributed by atoms with Gasteiger partial charge in [-0.1, -0.05) is 40.0 Å². The molecule has 0 saturated heterocycles. The highest BCUT2D eigenvalue weighted by molar-refractivity contribution is 7.57. The number of aliphatic carboxylic acids is 1. The Morgan fingerprint density at radius 2 is 1.20 bits per heavy atom. The first kappa shape index (κ1) is 29.1. The zero-order chi connectivity index (χ0) is 20.1. The summed E-state index contributed by atoms with van der Waals surface area (Å²) >= 11 is 0. The molecular weight excluding hydrogens is 337 g/mol. The summed E-state index contributed by atoms with van der Waals surface area (Å²) in [5.74, 6) is -1.07. The predicted octanol–water partition coefficient (Wildman–Crippen LogP) is 4.76. The van der Waals surface area contributed by atoms with Gasteiger partial charge < -0.3 is 9.84 Å². The van der Waals surface area contributed by atoms with E-state index in [-0.39, 0.29) is 13.9 Å². The minimum atomic E-state index is -0.833. The molecule has 0 heterocycles. The number of carboxylic acids is 1. The second kappa shape index (κ2) is 23.3. The first-order chi connectivity index (χ1) is 11.7. The third kappa shape index (κ3) is 39.8. The Hall–Kier alpha value is -0.670. The van der Waals surface area contributed by atoms with Gasteiger partial charge in [-0.05, 0) is 33.4 Å². The van der Waals surface area contributed by atoms with Crippen molar-refractivity contribution in [2.45, 2.75) is 73.1 Å². The Labute approximate surface area is 157 Å². The smallest absolute Gasteiger partial charge is 0.303 e. The van der Waals surface area contributed by atoms with Crippen molar-refractivity contribution in [1.82, 2.24) is 4.90 Å². The highest BCUT2D eigenvalue weighted by Crippen LogP contribution is 2.38. The minimum absolute atomic E-state index is 0.0675. The quantitative estimate of drug-likeness (QED) is 0.318. The van der Waals surface area contributed by atoms with Crippen LogP contribution in [0.4, 0.5) is 0 Å². The number of hydrogen-bond acceptors (Lipinski definition) is 4. The number of carbonyl (C=O) groups is 2. The third-order valence-electron chi connectivity index (χ3n) is 3.18. The van der Waals surface area contributed by atoms with Crippen molar-refractivity contribution < 1.29 is 19.4 Å². The highest BCUT2D eigenvalue weighted by atomic mass is 31.1. The highest BCUT2D eigenvalue weighted by Gasteiger charge is 2.12. The molecule has 0 radical (unpaired) electrons. The fraction of sp³-hybridized carbons (Fsp3) is 0.895. The van der Waals surface area contributed by atoms with Crippen LogP contribution in [0, 0.1) is 0 Å². The largest absolute Gasteiger partial charge is 0.481 e. The number of rotatable bonds is 11. The third-order valence-corrected chi connectivity index (χ3v) is 6.36. The van der Waals surface area contributed by atoms with E-state index in [0.717, 1.165) is 6.92 Å². The van der Waals surface area contributed by atoms with Gasteiger partial charge in [-0.3, -0.25) is 14.5 Å². The van der Waals surface area contributed by atoms with Crippen LogP contribution >= 0.6 is 7.92 Å². The molecule has 0 aliphatic heterocycles. The van der Waals surface area contributed by atoms with E-state index in [9.17, 15) is 4.79 Å². The molecule has 0 amide bonds. The number of carboxylic acid groups (broad SMARTS) is 1. The molecule has 0 fully saturated rings. The molecule has 0 bridgehead atoms. The van der Waals surface area contributed by atoms with E-state index >= 15 is 0 Å². The van der Waals surface area contributed by atoms with Crippen LogP contribution in [0.15, 0.2) is 0 Å². The molecular formula is C19H43NO4P+. The minimum Gasteiger partial charge on any atom is -0.481 e. The summed E-state index contributed by atoms with van der Waals surface area (Å²) in [6.07, 6.45) is 13.4. The van der Waals surface area contributed by atoms with E-state index in [4.69, 9.17) is 9.90 Å². The lowest BCUT2D eigenvalue weighted by Crippen LogP contribution is -2.17. The molecule has 0 atom stereocenters. The summed E-state index contributed by atoms with van der Waals surface area (Å²) in [5.41, 5.74) is 0. The Morgan fingerprint density at radius 3 is 1.36 bits per heavy atom. The summed E-state index contributed by atoms with van der Waals surface area (Å²) < 4.78 is 4.59. The summed E-state index contributed by atoms with van der Waals surface area (Å²) in [5, 5.41) is 7.42. The number of hydrogen-bond donors (Lipinski definition) is 1. The lowest BCUT2D eigenvalue weighted by Gasteiger charge is -2.09. The maximum atomic E-state index is 10.1. The molecule has 6 heteroatoms. The molecule has 1 N–H and O–H groups in total. The molecule has 0 aromatic heterocycles. The van der Waals surface area contributed by atoms with Crippen molar-refractivity contribution in [3.05, 3.63) is 0 Å². The Bertz CT molecular complexity index is 276. The molecule has 5 nitrogen and oxygen atoms in total. The second-order valence-corrected chi connectivity index (χ2v) is 9.42. The molecule has 152 valence electrons. The van der Waals surface area contributed by atoms with Gasteiger partial charge in [0.15, 0.2) is 0 Å². The number of carbonyl (C=O) groups excluding carboxylic acids is 1. The molecule has 0 aliphatic rings. The van der Waals surface area contributed by atoms with Gasteiger partial charge in [0.25, 0.3) is 5.97 Å². The van der Waals surface area contributed by atoms with Crippen molar-refractivity contribution in [1.29, 1.82) is 0 Å². The van der Waals surface area contributed by atoms with Crippen molar-refractivity contribution in [2.75, 3.05) is 39.3 Å². The molecule has 25 heavy (non-hydrogen) atoms. The van der Waals surface area contributed by atoms with E-state index < -0.39 is 5.97 Å². The van der Waals surface area contributed by atoms with Gasteiger partial charge in [0.05, 0.1) is 18.5 Å². The van der Waals surface area contributed by atoms with Crippen LogP contribution in [0.3, 0.4) is 0 Å². The fourth-order valence-electron chi connectivity index (χ4n) is 1.88. The van der Waals surface area contributed by atoms with Gasteiger partial charge in [0, 0.05) is 21.8 Å². The van der Waals surface area contributed by atoms with Crippen molar-refractivity contribution >= 4 is 19.9 Å². The maximum absolute atomic E-state index is 10.1. The summed E-state index contributed by atoms with van der Waals surface area (Å²) in [6, 6.07) is 0. The molecule has 0 rings (SSSR count). The monoisotopic (exact) mass is 380 g/mol. The Morgan fingerprint density at radius 1 is 0.880 bits per heavy atom. The van der Waals surface area contributed by atoms with Crippen LogP contribution in [0.2, 0.25) is 0 Å². The van der Waals surface area contributed by atoms with Gasteiger partial charge >= 0.3 is 5.97 Å². The first-order valence-electron chi connectivity index (χ1n) is 9.52. The molecule has 0 saturated carbocycles. The lowest BCUT2D eigenvalue weighted by atomic mass is 10.4. The van der Waals surface area contributed by atoms with Crippen LogP contribution in [-0.2, 0) is 14.3 Å². The van der Waals surface area contributed by atoms with Gasteiger partial charge in [-0.15, -0.1) is 0 Å². The topological polar surface area (TPSA) is 66.8 Å². The standard InChI is InChI=1S/C12H27P.C5H11NO2.C2H4O2/c1-4-7-10-13(11-8-5-2)12-9-6-3;1-5(7)8-4-6(2)3;1-2(3)4/h4-12H2,1-3H3;4H2,1-3H3;1H3,(H,3,4)/p+1. The van der Waals surface area contributed by atoms with Crippen molar-refractivity contribution in [3.63, 3.8) is 0 Å². The van der Waals surface area contributed by atoms with Gasteiger partial charge in [0.1, 0.15) is 6.73 Å². The Balaban J connectivity index is -0.000000342. The van der Waals surface area contributed by atoms with E-state index in [1.807, 2.05) is 14.1 Å². The van der Waals surface area contributed by atoms with Crippen LogP contribution in [0.25, 0.3) is 0 Å². The van der Waals surface area contributed by atoms with Crippen molar-refractivity contribution in [3.8, 4) is 0 Å². The van der Waals surface area contributed by atoms with E-state index in [1.165, 1.54) is 45.4 Å². The molecule has 0 spiro atoms. The SMILES string of the molecule is CC(=O)O.CC(=O)OCN(C)C.CCCC[PH+](CCCC)CCCC. The van der Waals surface area contributed by atoms with Crippen LogP contribution in [0.1, 0.15) is 73.1 Å². The van der Waals surface area contributed by atoms with E-state index in [0.29, 0.717) is 6.73 Å². The average molecular weight is 381 g/mol. The van der Waals surface area contributed by atoms with Crippen LogP contribution < -0.4 is 0 Å². The predicted molar refractivity (Wildman–Crippen MR) is 111 cm³/mol. The lowest BCUT2D eigenvalue weighted by molar-refractivity contribution is -0.144. The summed E-state index contributed by atoms with van der Waals surface area (Å²) in [4.78, 5) is 20.9. The van der Waals surface area contributed by atoms with Crippen LogP contribution in [0.5, 0.6) is 0 Å². The van der Waals surface area contributed by atoms with Crippen molar-refractivity contribution in [2.24, 2.45) is 0 Å². The van der Waals surface area contributed by atoms with Crippen LogP contribution in [-0.4, -0.2) is 61.3 Å².